The molecule has 0 saturated heterocycles. The lowest BCUT2D eigenvalue weighted by Gasteiger charge is -2.39. The molecule has 1 saturated carbocycles. The number of aliphatic hydroxyl groups is 1. The SMILES string of the molecule is CC1CC(C)CC(O)(Cc2ccc(Br)cc2F)C1. The first-order valence-electron chi connectivity index (χ1n) is 6.54. The zero-order valence-electron chi connectivity index (χ0n) is 10.9. The van der Waals surface area contributed by atoms with Crippen molar-refractivity contribution in [1.82, 2.24) is 0 Å². The molecule has 1 aliphatic rings. The van der Waals surface area contributed by atoms with Crippen molar-refractivity contribution >= 4 is 15.9 Å². The first kappa shape index (κ1) is 14.0. The highest BCUT2D eigenvalue weighted by Gasteiger charge is 2.36. The van der Waals surface area contributed by atoms with Crippen molar-refractivity contribution in [2.75, 3.05) is 0 Å². The maximum Gasteiger partial charge on any atom is 0.127 e. The minimum Gasteiger partial charge on any atom is -0.390 e. The molecule has 1 N–H and O–H groups in total. The molecule has 1 aromatic rings. The van der Waals surface area contributed by atoms with Gasteiger partial charge in [0, 0.05) is 10.9 Å². The quantitative estimate of drug-likeness (QED) is 0.862. The van der Waals surface area contributed by atoms with Gasteiger partial charge in [-0.05, 0) is 48.8 Å². The summed E-state index contributed by atoms with van der Waals surface area (Å²) in [6.07, 6.45) is 3.12. The summed E-state index contributed by atoms with van der Waals surface area (Å²) in [5, 5.41) is 10.7. The molecule has 2 atom stereocenters. The monoisotopic (exact) mass is 314 g/mol. The Morgan fingerprint density at radius 3 is 2.50 bits per heavy atom. The van der Waals surface area contributed by atoms with Crippen LogP contribution >= 0.6 is 15.9 Å². The average Bonchev–Trinajstić information content (AvgIpc) is 2.20. The Morgan fingerprint density at radius 2 is 1.94 bits per heavy atom. The van der Waals surface area contributed by atoms with Gasteiger partial charge in [-0.3, -0.25) is 0 Å². The van der Waals surface area contributed by atoms with Gasteiger partial charge in [-0.15, -0.1) is 0 Å². The fraction of sp³-hybridized carbons (Fsp3) is 0.600. The highest BCUT2D eigenvalue weighted by Crippen LogP contribution is 2.38. The molecule has 100 valence electrons. The van der Waals surface area contributed by atoms with Gasteiger partial charge >= 0.3 is 0 Å². The molecule has 1 fully saturated rings. The second-order valence-electron chi connectivity index (χ2n) is 5.99. The number of rotatable bonds is 2. The van der Waals surface area contributed by atoms with Gasteiger partial charge in [0.1, 0.15) is 5.82 Å². The number of benzene rings is 1. The van der Waals surface area contributed by atoms with Crippen molar-refractivity contribution in [3.8, 4) is 0 Å². The van der Waals surface area contributed by atoms with E-state index in [0.29, 0.717) is 23.8 Å². The average molecular weight is 315 g/mol. The van der Waals surface area contributed by atoms with Crippen LogP contribution in [0.2, 0.25) is 0 Å². The standard InChI is InChI=1S/C15H20BrFO/c1-10-5-11(2)8-15(18,7-10)9-12-3-4-13(16)6-14(12)17/h3-4,6,10-11,18H,5,7-9H2,1-2H3. The van der Waals surface area contributed by atoms with Gasteiger partial charge in [-0.2, -0.15) is 0 Å². The molecular weight excluding hydrogens is 295 g/mol. The van der Waals surface area contributed by atoms with Crippen molar-refractivity contribution in [1.29, 1.82) is 0 Å². The Morgan fingerprint density at radius 1 is 1.33 bits per heavy atom. The summed E-state index contributed by atoms with van der Waals surface area (Å²) in [4.78, 5) is 0. The summed E-state index contributed by atoms with van der Waals surface area (Å²) in [6, 6.07) is 5.06. The Balaban J connectivity index is 2.16. The van der Waals surface area contributed by atoms with Gasteiger partial charge in [0.15, 0.2) is 0 Å². The Hall–Kier alpha value is -0.410. The molecule has 0 bridgehead atoms. The Kier molecular flexibility index (Phi) is 4.12. The van der Waals surface area contributed by atoms with Crippen molar-refractivity contribution in [3.05, 3.63) is 34.1 Å². The predicted molar refractivity (Wildman–Crippen MR) is 74.9 cm³/mol. The molecule has 0 aromatic heterocycles. The normalized spacial score (nSPS) is 32.5. The lowest BCUT2D eigenvalue weighted by atomic mass is 9.71. The lowest BCUT2D eigenvalue weighted by Crippen LogP contribution is -2.40. The summed E-state index contributed by atoms with van der Waals surface area (Å²) in [5.41, 5.74) is -0.131. The number of hydrogen-bond acceptors (Lipinski definition) is 1. The van der Waals surface area contributed by atoms with E-state index in [-0.39, 0.29) is 5.82 Å². The van der Waals surface area contributed by atoms with Crippen molar-refractivity contribution < 1.29 is 9.50 Å². The molecular formula is C15H20BrFO. The van der Waals surface area contributed by atoms with Gasteiger partial charge in [0.05, 0.1) is 5.60 Å². The van der Waals surface area contributed by atoms with Gasteiger partial charge in [-0.1, -0.05) is 35.8 Å². The summed E-state index contributed by atoms with van der Waals surface area (Å²) < 4.78 is 14.6. The summed E-state index contributed by atoms with van der Waals surface area (Å²) >= 11 is 3.25. The van der Waals surface area contributed by atoms with Crippen LogP contribution in [0.15, 0.2) is 22.7 Å². The zero-order chi connectivity index (χ0) is 13.3. The molecule has 0 spiro atoms. The van der Waals surface area contributed by atoms with E-state index >= 15 is 0 Å². The summed E-state index contributed by atoms with van der Waals surface area (Å²) in [6.45, 7) is 4.33. The van der Waals surface area contributed by atoms with Crippen LogP contribution in [-0.2, 0) is 6.42 Å². The molecule has 18 heavy (non-hydrogen) atoms. The van der Waals surface area contributed by atoms with Crippen molar-refractivity contribution in [3.63, 3.8) is 0 Å². The second kappa shape index (κ2) is 5.30. The number of hydrogen-bond donors (Lipinski definition) is 1. The zero-order valence-corrected chi connectivity index (χ0v) is 12.5. The summed E-state index contributed by atoms with van der Waals surface area (Å²) in [7, 11) is 0. The molecule has 2 rings (SSSR count). The van der Waals surface area contributed by atoms with E-state index < -0.39 is 5.60 Å². The largest absolute Gasteiger partial charge is 0.390 e. The molecule has 0 radical (unpaired) electrons. The van der Waals surface area contributed by atoms with Crippen LogP contribution in [0, 0.1) is 17.7 Å². The Bertz CT molecular complexity index is 423. The van der Waals surface area contributed by atoms with Crippen LogP contribution in [0.4, 0.5) is 4.39 Å². The van der Waals surface area contributed by atoms with E-state index in [1.807, 2.05) is 6.07 Å². The topological polar surface area (TPSA) is 20.2 Å². The Labute approximate surface area is 117 Å². The molecule has 1 nitrogen and oxygen atoms in total. The van der Waals surface area contributed by atoms with Gasteiger partial charge < -0.3 is 5.11 Å². The van der Waals surface area contributed by atoms with Crippen molar-refractivity contribution in [2.24, 2.45) is 11.8 Å². The maximum atomic E-state index is 13.8. The van der Waals surface area contributed by atoms with E-state index in [1.54, 1.807) is 6.07 Å². The second-order valence-corrected chi connectivity index (χ2v) is 6.91. The van der Waals surface area contributed by atoms with Gasteiger partial charge in [0.2, 0.25) is 0 Å². The minimum absolute atomic E-state index is 0.233. The lowest BCUT2D eigenvalue weighted by molar-refractivity contribution is -0.0310. The first-order chi connectivity index (χ1) is 8.38. The highest BCUT2D eigenvalue weighted by molar-refractivity contribution is 9.10. The van der Waals surface area contributed by atoms with Crippen LogP contribution in [0.1, 0.15) is 38.7 Å². The van der Waals surface area contributed by atoms with Crippen LogP contribution < -0.4 is 0 Å². The van der Waals surface area contributed by atoms with Crippen LogP contribution in [0.5, 0.6) is 0 Å². The van der Waals surface area contributed by atoms with Crippen molar-refractivity contribution in [2.45, 2.75) is 45.1 Å². The maximum absolute atomic E-state index is 13.8. The van der Waals surface area contributed by atoms with E-state index in [0.717, 1.165) is 23.7 Å². The summed E-state index contributed by atoms with van der Waals surface area (Å²) in [5.74, 6) is 0.790. The fourth-order valence-electron chi connectivity index (χ4n) is 3.40. The molecule has 0 heterocycles. The molecule has 0 aliphatic heterocycles. The van der Waals surface area contributed by atoms with E-state index in [9.17, 15) is 9.50 Å². The predicted octanol–water partition coefficient (Wildman–Crippen LogP) is 4.32. The smallest absolute Gasteiger partial charge is 0.127 e. The molecule has 2 unspecified atom stereocenters. The van der Waals surface area contributed by atoms with Crippen LogP contribution in [-0.4, -0.2) is 10.7 Å². The molecule has 1 aromatic carbocycles. The molecule has 0 amide bonds. The number of halogens is 2. The van der Waals surface area contributed by atoms with Gasteiger partial charge in [0.25, 0.3) is 0 Å². The minimum atomic E-state index is -0.744. The first-order valence-corrected chi connectivity index (χ1v) is 7.33. The third-order valence-corrected chi connectivity index (χ3v) is 4.29. The van der Waals surface area contributed by atoms with E-state index in [2.05, 4.69) is 29.8 Å². The molecule has 1 aliphatic carbocycles. The van der Waals surface area contributed by atoms with E-state index in [4.69, 9.17) is 0 Å². The molecule has 3 heteroatoms. The third-order valence-electron chi connectivity index (χ3n) is 3.80. The van der Waals surface area contributed by atoms with Crippen LogP contribution in [0.3, 0.4) is 0 Å². The van der Waals surface area contributed by atoms with Crippen LogP contribution in [0.25, 0.3) is 0 Å². The fourth-order valence-corrected chi connectivity index (χ4v) is 3.73. The third kappa shape index (κ3) is 3.33. The van der Waals surface area contributed by atoms with Gasteiger partial charge in [-0.25, -0.2) is 4.39 Å². The highest BCUT2D eigenvalue weighted by atomic mass is 79.9. The van der Waals surface area contributed by atoms with E-state index in [1.165, 1.54) is 6.07 Å².